The first-order valence-electron chi connectivity index (χ1n) is 13.6. The molecule has 0 radical (unpaired) electrons. The standard InChI is InChI=1S/C19H21F.C11H16.C2H5N.C2H6/c1-3-15-13-19(2)10-4-5-17(19)12-16(15)11-14-6-8-18(20)9-7-14;1-3-7-11-9-6-5-8-10(11)4-2;1-2-3;1-2/h3,6-9,12H,1,4-5,10-11,13H2,2H3;5-6,8-9H,3-4,7H2,1-2H3;2H,1,3H2;1-2H3. The summed E-state index contributed by atoms with van der Waals surface area (Å²) in [6, 6.07) is 15.6. The molecule has 1 atom stereocenters. The minimum Gasteiger partial charge on any atom is -0.405 e. The highest BCUT2D eigenvalue weighted by Gasteiger charge is 2.36. The molecule has 2 aliphatic rings. The van der Waals surface area contributed by atoms with Crippen molar-refractivity contribution in [2.45, 2.75) is 86.0 Å². The number of aryl methyl sites for hydroxylation is 2. The maximum Gasteiger partial charge on any atom is 0.123 e. The molecule has 2 N–H and O–H groups in total. The Bertz CT molecular complexity index is 996. The largest absolute Gasteiger partial charge is 0.405 e. The Kier molecular flexibility index (Phi) is 14.5. The zero-order valence-electron chi connectivity index (χ0n) is 23.4. The third-order valence-electron chi connectivity index (χ3n) is 6.86. The van der Waals surface area contributed by atoms with Crippen LogP contribution in [0.4, 0.5) is 4.39 Å². The molecule has 0 amide bonds. The van der Waals surface area contributed by atoms with Gasteiger partial charge in [0.25, 0.3) is 0 Å². The summed E-state index contributed by atoms with van der Waals surface area (Å²) in [6.45, 7) is 18.0. The molecule has 0 spiro atoms. The van der Waals surface area contributed by atoms with Crippen molar-refractivity contribution in [2.24, 2.45) is 11.1 Å². The SMILES string of the molecule is C=CC1=C(Cc2ccc(F)cc2)C=C2CCCC2(C)C1.C=CN.CC.CCCc1ccccc1CC. The van der Waals surface area contributed by atoms with Gasteiger partial charge in [-0.2, -0.15) is 0 Å². The number of hydrogen-bond acceptors (Lipinski definition) is 1. The van der Waals surface area contributed by atoms with Crippen LogP contribution in [0.15, 0.2) is 96.8 Å². The Labute approximate surface area is 220 Å². The highest BCUT2D eigenvalue weighted by atomic mass is 19.1. The average molecular weight is 490 g/mol. The second-order valence-corrected chi connectivity index (χ2v) is 9.43. The lowest BCUT2D eigenvalue weighted by Gasteiger charge is -2.32. The monoisotopic (exact) mass is 489 g/mol. The molecule has 0 aliphatic heterocycles. The summed E-state index contributed by atoms with van der Waals surface area (Å²) in [5, 5.41) is 0. The lowest BCUT2D eigenvalue weighted by atomic mass is 9.73. The van der Waals surface area contributed by atoms with Crippen molar-refractivity contribution in [1.82, 2.24) is 0 Å². The molecular weight excluding hydrogens is 441 g/mol. The molecule has 36 heavy (non-hydrogen) atoms. The highest BCUT2D eigenvalue weighted by molar-refractivity contribution is 5.45. The van der Waals surface area contributed by atoms with Crippen LogP contribution in [0.5, 0.6) is 0 Å². The van der Waals surface area contributed by atoms with Gasteiger partial charge in [-0.1, -0.05) is 108 Å². The maximum atomic E-state index is 13.0. The van der Waals surface area contributed by atoms with E-state index in [1.165, 1.54) is 66.1 Å². The first-order valence-corrected chi connectivity index (χ1v) is 13.6. The van der Waals surface area contributed by atoms with Crippen molar-refractivity contribution in [3.8, 4) is 0 Å². The van der Waals surface area contributed by atoms with E-state index in [2.05, 4.69) is 70.0 Å². The topological polar surface area (TPSA) is 26.0 Å². The summed E-state index contributed by atoms with van der Waals surface area (Å²) in [5.74, 6) is -0.169. The number of fused-ring (bicyclic) bond motifs is 1. The number of rotatable bonds is 6. The van der Waals surface area contributed by atoms with Crippen LogP contribution in [0.25, 0.3) is 0 Å². The molecule has 2 aliphatic carbocycles. The van der Waals surface area contributed by atoms with Crippen molar-refractivity contribution in [1.29, 1.82) is 0 Å². The molecule has 1 fully saturated rings. The van der Waals surface area contributed by atoms with Gasteiger partial charge in [0, 0.05) is 0 Å². The minimum atomic E-state index is -0.169. The second kappa shape index (κ2) is 16.7. The van der Waals surface area contributed by atoms with E-state index in [4.69, 9.17) is 0 Å². The van der Waals surface area contributed by atoms with Gasteiger partial charge in [-0.15, -0.1) is 0 Å². The van der Waals surface area contributed by atoms with E-state index in [0.29, 0.717) is 5.41 Å². The van der Waals surface area contributed by atoms with Gasteiger partial charge in [0.1, 0.15) is 5.82 Å². The molecule has 2 heteroatoms. The predicted octanol–water partition coefficient (Wildman–Crippen LogP) is 9.69. The molecule has 196 valence electrons. The van der Waals surface area contributed by atoms with Crippen LogP contribution in [0.2, 0.25) is 0 Å². The smallest absolute Gasteiger partial charge is 0.123 e. The molecule has 2 aromatic carbocycles. The summed E-state index contributed by atoms with van der Waals surface area (Å²) in [5.41, 5.74) is 13.5. The Morgan fingerprint density at radius 3 is 2.17 bits per heavy atom. The predicted molar refractivity (Wildman–Crippen MR) is 158 cm³/mol. The van der Waals surface area contributed by atoms with E-state index in [9.17, 15) is 4.39 Å². The van der Waals surface area contributed by atoms with E-state index in [0.717, 1.165) is 19.3 Å². The first kappa shape index (κ1) is 31.2. The van der Waals surface area contributed by atoms with Gasteiger partial charge in [-0.25, -0.2) is 4.39 Å². The highest BCUT2D eigenvalue weighted by Crippen LogP contribution is 2.50. The lowest BCUT2D eigenvalue weighted by Crippen LogP contribution is -2.19. The van der Waals surface area contributed by atoms with Crippen LogP contribution in [-0.2, 0) is 19.3 Å². The van der Waals surface area contributed by atoms with Crippen molar-refractivity contribution >= 4 is 0 Å². The molecule has 1 nitrogen and oxygen atoms in total. The normalized spacial score (nSPS) is 17.7. The van der Waals surface area contributed by atoms with E-state index < -0.39 is 0 Å². The van der Waals surface area contributed by atoms with Gasteiger partial charge < -0.3 is 5.73 Å². The van der Waals surface area contributed by atoms with Crippen LogP contribution < -0.4 is 5.73 Å². The summed E-state index contributed by atoms with van der Waals surface area (Å²) in [6.07, 6.45) is 15.1. The van der Waals surface area contributed by atoms with Crippen molar-refractivity contribution in [2.75, 3.05) is 0 Å². The molecule has 1 saturated carbocycles. The quantitative estimate of drug-likeness (QED) is 0.429. The molecule has 4 rings (SSSR count). The van der Waals surface area contributed by atoms with Gasteiger partial charge in [0.2, 0.25) is 0 Å². The average Bonchev–Trinajstić information content (AvgIpc) is 3.28. The van der Waals surface area contributed by atoms with E-state index in [1.54, 1.807) is 17.7 Å². The Balaban J connectivity index is 0.000000343. The number of hydrogen-bond donors (Lipinski definition) is 1. The van der Waals surface area contributed by atoms with E-state index in [1.807, 2.05) is 32.1 Å². The number of benzene rings is 2. The number of halogens is 1. The zero-order chi connectivity index (χ0) is 27.0. The summed E-state index contributed by atoms with van der Waals surface area (Å²) >= 11 is 0. The van der Waals surface area contributed by atoms with Gasteiger partial charge in [-0.3, -0.25) is 0 Å². The van der Waals surface area contributed by atoms with Gasteiger partial charge in [0.15, 0.2) is 0 Å². The summed E-state index contributed by atoms with van der Waals surface area (Å²) in [7, 11) is 0. The summed E-state index contributed by atoms with van der Waals surface area (Å²) in [4.78, 5) is 0. The van der Waals surface area contributed by atoms with Crippen LogP contribution in [-0.4, -0.2) is 0 Å². The van der Waals surface area contributed by atoms with Crippen LogP contribution in [0.1, 0.15) is 83.4 Å². The fourth-order valence-corrected chi connectivity index (χ4v) is 5.02. The molecule has 2 aromatic rings. The van der Waals surface area contributed by atoms with Crippen LogP contribution in [0.3, 0.4) is 0 Å². The molecule has 0 bridgehead atoms. The molecular formula is C34H48FN. The Morgan fingerprint density at radius 2 is 1.61 bits per heavy atom. The van der Waals surface area contributed by atoms with Gasteiger partial charge in [-0.05, 0) is 96.5 Å². The third kappa shape index (κ3) is 9.30. The van der Waals surface area contributed by atoms with Crippen LogP contribution in [0, 0.1) is 11.2 Å². The lowest BCUT2D eigenvalue weighted by molar-refractivity contribution is 0.402. The van der Waals surface area contributed by atoms with Crippen molar-refractivity contribution in [3.63, 3.8) is 0 Å². The molecule has 0 heterocycles. The third-order valence-corrected chi connectivity index (χ3v) is 6.86. The number of nitrogens with two attached hydrogens (primary N) is 1. The van der Waals surface area contributed by atoms with E-state index in [-0.39, 0.29) is 5.82 Å². The Hall–Kier alpha value is -2.87. The fraction of sp³-hybridized carbons (Fsp3) is 0.412. The number of allylic oxidation sites excluding steroid dienone is 5. The molecule has 0 aromatic heterocycles. The van der Waals surface area contributed by atoms with Crippen molar-refractivity contribution in [3.05, 3.63) is 119 Å². The van der Waals surface area contributed by atoms with Crippen LogP contribution >= 0.6 is 0 Å². The molecule has 0 saturated heterocycles. The second-order valence-electron chi connectivity index (χ2n) is 9.43. The van der Waals surface area contributed by atoms with E-state index >= 15 is 0 Å². The molecule has 1 unspecified atom stereocenters. The zero-order valence-corrected chi connectivity index (χ0v) is 23.4. The Morgan fingerprint density at radius 1 is 1.00 bits per heavy atom. The van der Waals surface area contributed by atoms with Gasteiger partial charge in [0.05, 0.1) is 0 Å². The van der Waals surface area contributed by atoms with Gasteiger partial charge >= 0.3 is 0 Å². The maximum absolute atomic E-state index is 13.0. The summed E-state index contributed by atoms with van der Waals surface area (Å²) < 4.78 is 13.0. The first-order chi connectivity index (χ1) is 17.4. The minimum absolute atomic E-state index is 0.169. The van der Waals surface area contributed by atoms with Crippen molar-refractivity contribution < 1.29 is 4.39 Å². The fourth-order valence-electron chi connectivity index (χ4n) is 5.02.